The van der Waals surface area contributed by atoms with Gasteiger partial charge in [0, 0.05) is 13.1 Å². The van der Waals surface area contributed by atoms with Gasteiger partial charge < -0.3 is 19.9 Å². The van der Waals surface area contributed by atoms with E-state index in [-0.39, 0.29) is 32.4 Å². The number of nitrogens with one attached hydrogen (secondary N) is 1. The van der Waals surface area contributed by atoms with Crippen molar-refractivity contribution in [2.24, 2.45) is 11.8 Å². The minimum absolute atomic E-state index is 0.0385. The van der Waals surface area contributed by atoms with E-state index in [0.29, 0.717) is 10.5 Å². The maximum atomic E-state index is 13.0. The quantitative estimate of drug-likeness (QED) is 0.435. The average molecular weight is 542 g/mol. The van der Waals surface area contributed by atoms with Gasteiger partial charge in [-0.25, -0.2) is 4.79 Å². The molecule has 0 saturated carbocycles. The van der Waals surface area contributed by atoms with Crippen LogP contribution in [0, 0.1) is 11.8 Å². The summed E-state index contributed by atoms with van der Waals surface area (Å²) in [7, 11) is 1.23. The summed E-state index contributed by atoms with van der Waals surface area (Å²) >= 11 is 0. The van der Waals surface area contributed by atoms with Crippen molar-refractivity contribution in [1.29, 1.82) is 0 Å². The fraction of sp³-hybridized carbons (Fsp3) is 0.609. The molecule has 2 aliphatic rings. The smallest absolute Gasteiger partial charge is 0.410 e. The lowest BCUT2D eigenvalue weighted by Crippen LogP contribution is -2.54. The first kappa shape index (κ1) is 30.2. The summed E-state index contributed by atoms with van der Waals surface area (Å²) in [5.74, 6) is -3.12. The molecule has 2 fully saturated rings. The topological polar surface area (TPSA) is 105 Å². The van der Waals surface area contributed by atoms with Gasteiger partial charge in [0.05, 0.1) is 18.9 Å². The predicted molar refractivity (Wildman–Crippen MR) is 116 cm³/mol. The second-order valence-corrected chi connectivity index (χ2v) is 8.66. The second-order valence-electron chi connectivity index (χ2n) is 8.66. The lowest BCUT2D eigenvalue weighted by molar-refractivity contribution is -0.191. The van der Waals surface area contributed by atoms with Gasteiger partial charge in [-0.1, -0.05) is 30.3 Å². The van der Waals surface area contributed by atoms with E-state index in [9.17, 15) is 40.7 Å². The molecule has 208 valence electrons. The third-order valence-electron chi connectivity index (χ3n) is 6.09. The third-order valence-corrected chi connectivity index (χ3v) is 6.09. The number of halogens is 6. The van der Waals surface area contributed by atoms with Crippen molar-refractivity contribution in [3.8, 4) is 0 Å². The Morgan fingerprint density at radius 3 is 2.08 bits per heavy atom. The van der Waals surface area contributed by atoms with Crippen molar-refractivity contribution >= 4 is 18.0 Å². The molecule has 0 spiro atoms. The van der Waals surface area contributed by atoms with Crippen LogP contribution >= 0.6 is 0 Å². The summed E-state index contributed by atoms with van der Waals surface area (Å²) in [4.78, 5) is 34.5. The molecule has 3 rings (SSSR count). The number of rotatable bonds is 4. The number of carbonyl (C=O) groups is 3. The van der Waals surface area contributed by atoms with Gasteiger partial charge in [0.1, 0.15) is 18.7 Å². The zero-order valence-corrected chi connectivity index (χ0v) is 19.8. The van der Waals surface area contributed by atoms with Gasteiger partial charge in [0.2, 0.25) is 0 Å². The van der Waals surface area contributed by atoms with Crippen molar-refractivity contribution in [2.75, 3.05) is 20.2 Å². The number of hydrogen-bond acceptors (Lipinski definition) is 6. The highest BCUT2D eigenvalue weighted by Crippen LogP contribution is 2.34. The summed E-state index contributed by atoms with van der Waals surface area (Å²) < 4.78 is 85.0. The normalized spacial score (nSPS) is 24.4. The minimum atomic E-state index is -4.62. The van der Waals surface area contributed by atoms with E-state index >= 15 is 0 Å². The van der Waals surface area contributed by atoms with E-state index in [4.69, 9.17) is 9.84 Å². The molecule has 8 nitrogen and oxygen atoms in total. The number of carboxylic acids is 1. The van der Waals surface area contributed by atoms with Crippen LogP contribution in [0.15, 0.2) is 30.3 Å². The Balaban J connectivity index is 0.000000294. The lowest BCUT2D eigenvalue weighted by atomic mass is 9.93. The Bertz CT molecular complexity index is 903. The first-order valence-corrected chi connectivity index (χ1v) is 11.4. The van der Waals surface area contributed by atoms with Crippen molar-refractivity contribution in [2.45, 2.75) is 56.7 Å². The summed E-state index contributed by atoms with van der Waals surface area (Å²) in [6, 6.07) is 5.03. The summed E-state index contributed by atoms with van der Waals surface area (Å²) in [6.07, 6.45) is -10.4. The molecule has 4 unspecified atom stereocenters. The van der Waals surface area contributed by atoms with Gasteiger partial charge in [0.25, 0.3) is 0 Å². The third kappa shape index (κ3) is 9.09. The number of likely N-dealkylation sites (tertiary alicyclic amines) is 1. The largest absolute Gasteiger partial charge is 0.481 e. The summed E-state index contributed by atoms with van der Waals surface area (Å²) in [5.41, 5.74) is 0.635. The van der Waals surface area contributed by atoms with Crippen molar-refractivity contribution in [1.82, 2.24) is 10.2 Å². The lowest BCUT2D eigenvalue weighted by Gasteiger charge is -2.38. The van der Waals surface area contributed by atoms with Gasteiger partial charge >= 0.3 is 30.4 Å². The molecule has 1 aromatic carbocycles. The number of hydrogen-bond donors (Lipinski definition) is 2. The fourth-order valence-electron chi connectivity index (χ4n) is 4.02. The molecule has 14 heteroatoms. The Kier molecular flexibility index (Phi) is 10.6. The Hall–Kier alpha value is -3.03. The number of carboxylic acid groups (broad SMARTS) is 1. The number of amides is 1. The van der Waals surface area contributed by atoms with Crippen LogP contribution in [0.1, 0.15) is 31.2 Å². The summed E-state index contributed by atoms with van der Waals surface area (Å²) in [5, 5.41) is 11.3. The number of piperidine rings is 2. The van der Waals surface area contributed by atoms with Gasteiger partial charge in [-0.2, -0.15) is 26.3 Å². The maximum absolute atomic E-state index is 13.0. The first-order chi connectivity index (χ1) is 17.2. The molecule has 2 saturated heterocycles. The molecule has 4 atom stereocenters. The first-order valence-electron chi connectivity index (χ1n) is 11.4. The standard InChI is InChI=1S/C15H16F3NO4.C8H12F3NO2/c16-15(17,18)12-7-6-11(13(20)21)8-19(12)14(22)23-9-10-4-2-1-3-5-10;1-14-7(13)5-2-3-6(12-4-5)8(9,10)11/h1-5,11-12H,6-9H2,(H,20,21);5-6,12H,2-4H2,1H3. The monoisotopic (exact) mass is 542 g/mol. The SMILES string of the molecule is COC(=O)C1CCC(C(F)(F)F)NC1.O=C(O)C1CCC(C(F)(F)F)N(C(=O)OCc2ccccc2)C1. The van der Waals surface area contributed by atoms with Crippen LogP contribution in [0.4, 0.5) is 31.1 Å². The number of esters is 1. The zero-order chi connectivity index (χ0) is 27.8. The number of methoxy groups -OCH3 is 1. The van der Waals surface area contributed by atoms with Gasteiger partial charge in [-0.15, -0.1) is 0 Å². The molecule has 0 aromatic heterocycles. The van der Waals surface area contributed by atoms with Crippen LogP contribution in [-0.4, -0.2) is 72.7 Å². The van der Waals surface area contributed by atoms with Crippen LogP contribution in [0.25, 0.3) is 0 Å². The highest BCUT2D eigenvalue weighted by atomic mass is 19.4. The number of alkyl halides is 6. The number of nitrogens with zero attached hydrogens (tertiary/aromatic N) is 1. The van der Waals surface area contributed by atoms with E-state index in [0.717, 1.165) is 0 Å². The van der Waals surface area contributed by atoms with Crippen LogP contribution in [0.2, 0.25) is 0 Å². The highest BCUT2D eigenvalue weighted by Gasteiger charge is 2.49. The van der Waals surface area contributed by atoms with Crippen LogP contribution in [-0.2, 0) is 25.7 Å². The van der Waals surface area contributed by atoms with E-state index in [1.165, 1.54) is 7.11 Å². The molecular formula is C23H28F6N2O6. The number of carbonyl (C=O) groups excluding carboxylic acids is 2. The molecule has 2 aliphatic heterocycles. The van der Waals surface area contributed by atoms with E-state index in [2.05, 4.69) is 10.1 Å². The van der Waals surface area contributed by atoms with Crippen LogP contribution in [0.3, 0.4) is 0 Å². The van der Waals surface area contributed by atoms with E-state index < -0.39 is 67.3 Å². The van der Waals surface area contributed by atoms with Gasteiger partial charge in [-0.3, -0.25) is 14.5 Å². The highest BCUT2D eigenvalue weighted by molar-refractivity contribution is 5.73. The molecule has 37 heavy (non-hydrogen) atoms. The van der Waals surface area contributed by atoms with E-state index in [1.54, 1.807) is 30.3 Å². The Morgan fingerprint density at radius 2 is 1.59 bits per heavy atom. The summed E-state index contributed by atoms with van der Waals surface area (Å²) in [6.45, 7) is -0.636. The van der Waals surface area contributed by atoms with Crippen LogP contribution < -0.4 is 5.32 Å². The molecule has 1 amide bonds. The van der Waals surface area contributed by atoms with Gasteiger partial charge in [-0.05, 0) is 31.2 Å². The molecule has 2 N–H and O–H groups in total. The van der Waals surface area contributed by atoms with Crippen molar-refractivity contribution < 1.29 is 55.3 Å². The molecule has 1 aromatic rings. The number of ether oxygens (including phenoxy) is 2. The van der Waals surface area contributed by atoms with Crippen molar-refractivity contribution in [3.63, 3.8) is 0 Å². The molecular weight excluding hydrogens is 514 g/mol. The molecule has 0 bridgehead atoms. The fourth-order valence-corrected chi connectivity index (χ4v) is 4.02. The maximum Gasteiger partial charge on any atom is 0.410 e. The second kappa shape index (κ2) is 13.0. The Labute approximate surface area is 208 Å². The van der Waals surface area contributed by atoms with Gasteiger partial charge in [0.15, 0.2) is 0 Å². The zero-order valence-electron chi connectivity index (χ0n) is 19.8. The van der Waals surface area contributed by atoms with E-state index in [1.807, 2.05) is 0 Å². The number of aliphatic carboxylic acids is 1. The average Bonchev–Trinajstić information content (AvgIpc) is 2.86. The predicted octanol–water partition coefficient (Wildman–Crippen LogP) is 4.14. The van der Waals surface area contributed by atoms with Crippen molar-refractivity contribution in [3.05, 3.63) is 35.9 Å². The Morgan fingerprint density at radius 1 is 0.973 bits per heavy atom. The molecule has 0 aliphatic carbocycles. The number of benzene rings is 1. The molecule has 2 heterocycles. The van der Waals surface area contributed by atoms with Crippen LogP contribution in [0.5, 0.6) is 0 Å². The molecule has 0 radical (unpaired) electrons. The minimum Gasteiger partial charge on any atom is -0.481 e.